The van der Waals surface area contributed by atoms with Crippen molar-refractivity contribution in [2.75, 3.05) is 0 Å². The van der Waals surface area contributed by atoms with E-state index in [-0.39, 0.29) is 0 Å². The van der Waals surface area contributed by atoms with Gasteiger partial charge >= 0.3 is 0 Å². The van der Waals surface area contributed by atoms with Gasteiger partial charge in [0.1, 0.15) is 0 Å². The number of allylic oxidation sites excluding steroid dienone is 2. The monoisotopic (exact) mass is 196 g/mol. The topological polar surface area (TPSA) is 17.1 Å². The molecule has 0 saturated heterocycles. The maximum atomic E-state index is 11.2. The van der Waals surface area contributed by atoms with Gasteiger partial charge in [0.2, 0.25) is 0 Å². The summed E-state index contributed by atoms with van der Waals surface area (Å²) < 4.78 is 0. The fourth-order valence-electron chi connectivity index (χ4n) is 2.45. The van der Waals surface area contributed by atoms with Crippen LogP contribution in [0.1, 0.15) is 33.6 Å². The highest BCUT2D eigenvalue weighted by atomic mass is 28.3. The molecule has 1 aliphatic carbocycles. The molecule has 0 aromatic heterocycles. The smallest absolute Gasteiger partial charge is 0.155 e. The lowest BCUT2D eigenvalue weighted by Crippen LogP contribution is -2.33. The van der Waals surface area contributed by atoms with Crippen molar-refractivity contribution in [2.45, 2.75) is 51.7 Å². The van der Waals surface area contributed by atoms with E-state index in [0.717, 1.165) is 12.8 Å². The van der Waals surface area contributed by atoms with Gasteiger partial charge in [-0.1, -0.05) is 44.1 Å². The van der Waals surface area contributed by atoms with E-state index >= 15 is 0 Å². The first-order valence-corrected chi connectivity index (χ1v) is 8.04. The van der Waals surface area contributed by atoms with Crippen molar-refractivity contribution >= 4 is 13.9 Å². The normalized spacial score (nSPS) is 17.8. The van der Waals surface area contributed by atoms with Gasteiger partial charge in [0.05, 0.1) is 8.07 Å². The quantitative estimate of drug-likeness (QED) is 0.630. The third-order valence-electron chi connectivity index (χ3n) is 3.69. The van der Waals surface area contributed by atoms with Crippen LogP contribution in [0, 0.1) is 0 Å². The summed E-state index contributed by atoms with van der Waals surface area (Å²) in [6.07, 6.45) is 3.81. The highest BCUT2D eigenvalue weighted by Gasteiger charge is 2.33. The van der Waals surface area contributed by atoms with E-state index in [4.69, 9.17) is 0 Å². The second-order valence-electron chi connectivity index (χ2n) is 3.98. The van der Waals surface area contributed by atoms with Crippen LogP contribution in [0.25, 0.3) is 0 Å². The molecule has 0 aromatic carbocycles. The molecule has 1 aliphatic rings. The van der Waals surface area contributed by atoms with Crippen molar-refractivity contribution in [2.24, 2.45) is 0 Å². The molecule has 0 amide bonds. The summed E-state index contributed by atoms with van der Waals surface area (Å²) in [5, 5.41) is 1.55. The van der Waals surface area contributed by atoms with Crippen LogP contribution >= 0.6 is 0 Å². The van der Waals surface area contributed by atoms with Crippen molar-refractivity contribution in [1.29, 1.82) is 0 Å². The highest BCUT2D eigenvalue weighted by molar-refractivity contribution is 6.86. The van der Waals surface area contributed by atoms with Crippen LogP contribution in [0.15, 0.2) is 11.3 Å². The van der Waals surface area contributed by atoms with Gasteiger partial charge in [-0.05, 0) is 12.5 Å². The number of carbonyl (C=O) groups excluding carboxylic acids is 1. The van der Waals surface area contributed by atoms with Gasteiger partial charge in [-0.3, -0.25) is 4.79 Å². The minimum absolute atomic E-state index is 0.363. The van der Waals surface area contributed by atoms with E-state index in [2.05, 4.69) is 20.8 Å². The maximum Gasteiger partial charge on any atom is 0.155 e. The molecule has 13 heavy (non-hydrogen) atoms. The third-order valence-corrected chi connectivity index (χ3v) is 9.50. The summed E-state index contributed by atoms with van der Waals surface area (Å²) >= 11 is 0. The minimum Gasteiger partial charge on any atom is -0.295 e. The second-order valence-corrected chi connectivity index (χ2v) is 9.30. The zero-order valence-corrected chi connectivity index (χ0v) is 10.0. The van der Waals surface area contributed by atoms with Gasteiger partial charge < -0.3 is 0 Å². The molecule has 0 saturated carbocycles. The lowest BCUT2D eigenvalue weighted by atomic mass is 10.3. The average Bonchev–Trinajstić information content (AvgIpc) is 2.57. The first-order valence-electron chi connectivity index (χ1n) is 5.42. The number of carbonyl (C=O) groups is 1. The number of hydrogen-bond donors (Lipinski definition) is 0. The highest BCUT2D eigenvalue weighted by Crippen LogP contribution is 2.34. The Hall–Kier alpha value is -0.373. The first-order chi connectivity index (χ1) is 6.18. The van der Waals surface area contributed by atoms with Crippen LogP contribution in [-0.4, -0.2) is 13.9 Å². The first kappa shape index (κ1) is 10.7. The molecular formula is C11H20OSi. The second kappa shape index (κ2) is 4.23. The zero-order chi connectivity index (χ0) is 9.90. The summed E-state index contributed by atoms with van der Waals surface area (Å²) in [7, 11) is -1.19. The van der Waals surface area contributed by atoms with E-state index in [1.165, 1.54) is 18.1 Å². The van der Waals surface area contributed by atoms with Gasteiger partial charge in [-0.2, -0.15) is 0 Å². The Labute approximate surface area is 82.2 Å². The summed E-state index contributed by atoms with van der Waals surface area (Å²) in [4.78, 5) is 11.2. The van der Waals surface area contributed by atoms with Gasteiger partial charge in [0.15, 0.2) is 5.78 Å². The number of hydrogen-bond acceptors (Lipinski definition) is 1. The van der Waals surface area contributed by atoms with E-state index in [1.54, 1.807) is 5.20 Å². The molecule has 1 nitrogen and oxygen atoms in total. The fraction of sp³-hybridized carbons (Fsp3) is 0.727. The predicted molar refractivity (Wildman–Crippen MR) is 59.5 cm³/mol. The zero-order valence-electron chi connectivity index (χ0n) is 9.02. The fourth-order valence-corrected chi connectivity index (χ4v) is 6.43. The van der Waals surface area contributed by atoms with Crippen LogP contribution in [0.2, 0.25) is 18.1 Å². The van der Waals surface area contributed by atoms with Gasteiger partial charge in [0, 0.05) is 6.42 Å². The molecule has 1 rings (SSSR count). The van der Waals surface area contributed by atoms with E-state index < -0.39 is 8.07 Å². The Morgan fingerprint density at radius 1 is 1.15 bits per heavy atom. The standard InChI is InChI=1S/C11H20OSi/c1-4-13(5-2,6-3)11-8-7-10(12)9-11/h9H,4-8H2,1-3H3. The summed E-state index contributed by atoms with van der Waals surface area (Å²) in [6.45, 7) is 6.88. The maximum absolute atomic E-state index is 11.2. The molecule has 0 spiro atoms. The Morgan fingerprint density at radius 3 is 2.00 bits per heavy atom. The van der Waals surface area contributed by atoms with Crippen molar-refractivity contribution in [1.82, 2.24) is 0 Å². The summed E-state index contributed by atoms with van der Waals surface area (Å²) in [5.41, 5.74) is 0. The van der Waals surface area contributed by atoms with Crippen molar-refractivity contribution in [3.05, 3.63) is 11.3 Å². The van der Waals surface area contributed by atoms with Crippen molar-refractivity contribution in [3.8, 4) is 0 Å². The Morgan fingerprint density at radius 2 is 1.69 bits per heavy atom. The molecule has 0 fully saturated rings. The summed E-state index contributed by atoms with van der Waals surface area (Å²) in [5.74, 6) is 0.363. The molecule has 2 heteroatoms. The van der Waals surface area contributed by atoms with Crippen LogP contribution < -0.4 is 0 Å². The molecule has 0 heterocycles. The molecule has 0 bridgehead atoms. The van der Waals surface area contributed by atoms with Crippen LogP contribution in [-0.2, 0) is 4.79 Å². The molecular weight excluding hydrogens is 176 g/mol. The van der Waals surface area contributed by atoms with Crippen molar-refractivity contribution in [3.63, 3.8) is 0 Å². The Kier molecular flexibility index (Phi) is 3.48. The molecule has 0 radical (unpaired) electrons. The van der Waals surface area contributed by atoms with Crippen LogP contribution in [0.4, 0.5) is 0 Å². The van der Waals surface area contributed by atoms with Crippen LogP contribution in [0.5, 0.6) is 0 Å². The van der Waals surface area contributed by atoms with E-state index in [9.17, 15) is 4.79 Å². The van der Waals surface area contributed by atoms with Gasteiger partial charge in [-0.15, -0.1) is 0 Å². The molecule has 0 aromatic rings. The van der Waals surface area contributed by atoms with Gasteiger partial charge in [0.25, 0.3) is 0 Å². The van der Waals surface area contributed by atoms with E-state index in [0.29, 0.717) is 5.78 Å². The molecule has 0 aliphatic heterocycles. The predicted octanol–water partition coefficient (Wildman–Crippen LogP) is 3.32. The van der Waals surface area contributed by atoms with Crippen LogP contribution in [0.3, 0.4) is 0 Å². The SMILES string of the molecule is CC[Si](CC)(CC)C1=CC(=O)CC1. The Bertz CT molecular complexity index is 218. The number of ketones is 1. The molecule has 74 valence electrons. The number of rotatable bonds is 4. The minimum atomic E-state index is -1.19. The molecule has 0 N–H and O–H groups in total. The van der Waals surface area contributed by atoms with Crippen molar-refractivity contribution < 1.29 is 4.79 Å². The lowest BCUT2D eigenvalue weighted by molar-refractivity contribution is -0.114. The van der Waals surface area contributed by atoms with Gasteiger partial charge in [-0.25, -0.2) is 0 Å². The Balaban J connectivity index is 2.87. The average molecular weight is 196 g/mol. The largest absolute Gasteiger partial charge is 0.295 e. The molecule has 0 atom stereocenters. The summed E-state index contributed by atoms with van der Waals surface area (Å²) in [6, 6.07) is 3.91. The lowest BCUT2D eigenvalue weighted by Gasteiger charge is -2.29. The molecule has 0 unspecified atom stereocenters. The van der Waals surface area contributed by atoms with E-state index in [1.807, 2.05) is 6.08 Å². The third kappa shape index (κ3) is 1.93.